The zero-order valence-corrected chi connectivity index (χ0v) is 16.9. The van der Waals surface area contributed by atoms with Crippen molar-refractivity contribution in [3.8, 4) is 0 Å². The van der Waals surface area contributed by atoms with Gasteiger partial charge < -0.3 is 10.1 Å². The highest BCUT2D eigenvalue weighted by molar-refractivity contribution is 9.10. The average molecular weight is 447 g/mol. The monoisotopic (exact) mass is 445 g/mol. The second-order valence-electron chi connectivity index (χ2n) is 6.02. The number of hydrogen-bond acceptors (Lipinski definition) is 3. The first-order valence-corrected chi connectivity index (χ1v) is 9.47. The summed E-state index contributed by atoms with van der Waals surface area (Å²) in [7, 11) is 1.30. The highest BCUT2D eigenvalue weighted by Crippen LogP contribution is 2.23. The van der Waals surface area contributed by atoms with Crippen molar-refractivity contribution in [3.05, 3.63) is 81.3 Å². The van der Waals surface area contributed by atoms with Gasteiger partial charge in [-0.3, -0.25) is 4.79 Å². The van der Waals surface area contributed by atoms with Crippen molar-refractivity contribution >= 4 is 50.2 Å². The Kier molecular flexibility index (Phi) is 6.14. The van der Waals surface area contributed by atoms with Crippen LogP contribution in [0.5, 0.6) is 0 Å². The molecule has 0 saturated heterocycles. The Labute approximate surface area is 170 Å². The molecule has 1 atom stereocenters. The molecule has 0 fully saturated rings. The zero-order valence-electron chi connectivity index (χ0n) is 14.5. The lowest BCUT2D eigenvalue weighted by Crippen LogP contribution is -2.43. The van der Waals surface area contributed by atoms with Crippen LogP contribution in [-0.4, -0.2) is 25.0 Å². The van der Waals surface area contributed by atoms with Gasteiger partial charge in [-0.1, -0.05) is 63.9 Å². The lowest BCUT2D eigenvalue weighted by Gasteiger charge is -2.18. The topological polar surface area (TPSA) is 55.4 Å². The molecule has 3 aromatic carbocycles. The Hall–Kier alpha value is -2.37. The Balaban J connectivity index is 1.89. The van der Waals surface area contributed by atoms with Crippen molar-refractivity contribution in [2.24, 2.45) is 0 Å². The minimum atomic E-state index is -0.837. The van der Waals surface area contributed by atoms with Crippen LogP contribution in [0.2, 0.25) is 5.02 Å². The molecule has 27 heavy (non-hydrogen) atoms. The van der Waals surface area contributed by atoms with E-state index >= 15 is 0 Å². The molecule has 0 spiro atoms. The predicted octanol–water partition coefficient (Wildman–Crippen LogP) is 4.77. The van der Waals surface area contributed by atoms with Gasteiger partial charge in [-0.05, 0) is 40.6 Å². The Morgan fingerprint density at radius 1 is 1.11 bits per heavy atom. The van der Waals surface area contributed by atoms with Crippen LogP contribution in [0, 0.1) is 0 Å². The number of rotatable bonds is 5. The predicted molar refractivity (Wildman–Crippen MR) is 110 cm³/mol. The van der Waals surface area contributed by atoms with E-state index in [2.05, 4.69) is 21.2 Å². The van der Waals surface area contributed by atoms with E-state index in [1.54, 1.807) is 24.3 Å². The van der Waals surface area contributed by atoms with Crippen molar-refractivity contribution in [3.63, 3.8) is 0 Å². The first-order valence-electron chi connectivity index (χ1n) is 8.30. The molecule has 3 rings (SSSR count). The van der Waals surface area contributed by atoms with Crippen LogP contribution in [0.4, 0.5) is 0 Å². The summed E-state index contributed by atoms with van der Waals surface area (Å²) < 4.78 is 5.68. The number of amides is 1. The smallest absolute Gasteiger partial charge is 0.328 e. The van der Waals surface area contributed by atoms with E-state index in [4.69, 9.17) is 16.3 Å². The number of esters is 1. The quantitative estimate of drug-likeness (QED) is 0.574. The van der Waals surface area contributed by atoms with Crippen LogP contribution in [0.15, 0.2) is 65.1 Å². The first-order chi connectivity index (χ1) is 13.0. The second kappa shape index (κ2) is 8.55. The fraction of sp³-hybridized carbons (Fsp3) is 0.143. The van der Waals surface area contributed by atoms with Crippen LogP contribution in [-0.2, 0) is 16.0 Å². The molecular weight excluding hydrogens is 430 g/mol. The fourth-order valence-electron chi connectivity index (χ4n) is 2.91. The molecule has 0 aliphatic heterocycles. The summed E-state index contributed by atoms with van der Waals surface area (Å²) in [5.74, 6) is -0.851. The van der Waals surface area contributed by atoms with E-state index < -0.39 is 12.0 Å². The molecule has 0 radical (unpaired) electrons. The molecule has 4 nitrogen and oxygen atoms in total. The summed E-state index contributed by atoms with van der Waals surface area (Å²) >= 11 is 9.51. The fourth-order valence-corrected chi connectivity index (χ4v) is 3.52. The molecule has 0 bridgehead atoms. The van der Waals surface area contributed by atoms with E-state index in [0.717, 1.165) is 20.8 Å². The molecule has 0 heterocycles. The van der Waals surface area contributed by atoms with Gasteiger partial charge in [0.2, 0.25) is 0 Å². The highest BCUT2D eigenvalue weighted by Gasteiger charge is 2.24. The molecule has 6 heteroatoms. The van der Waals surface area contributed by atoms with E-state index in [1.165, 1.54) is 7.11 Å². The number of nitrogens with one attached hydrogen (secondary N) is 1. The summed E-state index contributed by atoms with van der Waals surface area (Å²) in [5.41, 5.74) is 1.31. The summed E-state index contributed by atoms with van der Waals surface area (Å²) in [5, 5.41) is 5.13. The number of methoxy groups -OCH3 is 1. The Morgan fingerprint density at radius 3 is 2.63 bits per heavy atom. The number of ether oxygens (including phenoxy) is 1. The number of hydrogen-bond donors (Lipinski definition) is 1. The number of carbonyl (C=O) groups is 2. The van der Waals surface area contributed by atoms with Crippen LogP contribution in [0.3, 0.4) is 0 Å². The van der Waals surface area contributed by atoms with Gasteiger partial charge in [-0.25, -0.2) is 4.79 Å². The Bertz CT molecular complexity index is 1000. The number of fused-ring (bicyclic) bond motifs is 1. The molecule has 3 aromatic rings. The Morgan fingerprint density at radius 2 is 1.85 bits per heavy atom. The van der Waals surface area contributed by atoms with Crippen molar-refractivity contribution in [2.45, 2.75) is 12.5 Å². The van der Waals surface area contributed by atoms with Crippen LogP contribution in [0.1, 0.15) is 15.9 Å². The molecule has 0 unspecified atom stereocenters. The van der Waals surface area contributed by atoms with Gasteiger partial charge in [-0.15, -0.1) is 0 Å². The minimum Gasteiger partial charge on any atom is -0.467 e. The summed E-state index contributed by atoms with van der Waals surface area (Å²) in [6, 6.07) is 17.6. The van der Waals surface area contributed by atoms with Gasteiger partial charge in [-0.2, -0.15) is 0 Å². The second-order valence-corrected chi connectivity index (χ2v) is 7.31. The molecule has 0 aromatic heterocycles. The van der Waals surface area contributed by atoms with E-state index in [-0.39, 0.29) is 12.3 Å². The van der Waals surface area contributed by atoms with Crippen molar-refractivity contribution in [2.75, 3.05) is 7.11 Å². The normalized spacial score (nSPS) is 11.8. The molecule has 0 aliphatic carbocycles. The van der Waals surface area contributed by atoms with Gasteiger partial charge in [0.25, 0.3) is 5.91 Å². The van der Waals surface area contributed by atoms with Crippen LogP contribution in [0.25, 0.3) is 10.8 Å². The van der Waals surface area contributed by atoms with Gasteiger partial charge in [0.05, 0.1) is 7.11 Å². The van der Waals surface area contributed by atoms with Crippen molar-refractivity contribution in [1.29, 1.82) is 0 Å². The van der Waals surface area contributed by atoms with Crippen molar-refractivity contribution in [1.82, 2.24) is 5.32 Å². The third-order valence-corrected chi connectivity index (χ3v) is 5.27. The summed E-state index contributed by atoms with van der Waals surface area (Å²) in [4.78, 5) is 25.1. The third-order valence-electron chi connectivity index (χ3n) is 4.26. The lowest BCUT2D eigenvalue weighted by molar-refractivity contribution is -0.142. The summed E-state index contributed by atoms with van der Waals surface area (Å²) in [6.45, 7) is 0. The first kappa shape index (κ1) is 19.4. The van der Waals surface area contributed by atoms with Gasteiger partial charge >= 0.3 is 5.97 Å². The minimum absolute atomic E-state index is 0.254. The number of carbonyl (C=O) groups excluding carboxylic acids is 2. The maximum absolute atomic E-state index is 12.9. The van der Waals surface area contributed by atoms with Crippen LogP contribution < -0.4 is 5.32 Å². The van der Waals surface area contributed by atoms with Gasteiger partial charge in [0.1, 0.15) is 6.04 Å². The molecule has 0 saturated carbocycles. The number of benzene rings is 3. The average Bonchev–Trinajstić information content (AvgIpc) is 2.69. The van der Waals surface area contributed by atoms with Gasteiger partial charge in [0.15, 0.2) is 0 Å². The molecule has 0 aliphatic rings. The molecule has 1 N–H and O–H groups in total. The molecular formula is C21H17BrClNO3. The largest absolute Gasteiger partial charge is 0.467 e. The van der Waals surface area contributed by atoms with E-state index in [1.807, 2.05) is 36.4 Å². The van der Waals surface area contributed by atoms with E-state index in [9.17, 15) is 9.59 Å². The number of halogens is 2. The van der Waals surface area contributed by atoms with Crippen LogP contribution >= 0.6 is 27.5 Å². The maximum Gasteiger partial charge on any atom is 0.328 e. The SMILES string of the molecule is COC(=O)[C@H](Cc1cc(Cl)ccc1Br)NC(=O)c1cccc2ccccc12. The summed E-state index contributed by atoms with van der Waals surface area (Å²) in [6.07, 6.45) is 0.254. The zero-order chi connectivity index (χ0) is 19.4. The third kappa shape index (κ3) is 4.49. The van der Waals surface area contributed by atoms with Crippen molar-refractivity contribution < 1.29 is 14.3 Å². The molecule has 1 amide bonds. The lowest BCUT2D eigenvalue weighted by atomic mass is 10.0. The van der Waals surface area contributed by atoms with E-state index in [0.29, 0.717) is 10.6 Å². The highest BCUT2D eigenvalue weighted by atomic mass is 79.9. The molecule has 138 valence electrons. The maximum atomic E-state index is 12.9. The standard InChI is InChI=1S/C21H17BrClNO3/c1-27-21(26)19(12-14-11-15(23)9-10-18(14)22)24-20(25)17-8-4-6-13-5-2-3-7-16(13)17/h2-11,19H,12H2,1H3,(H,24,25)/t19-/m0/s1. The van der Waals surface area contributed by atoms with Gasteiger partial charge in [0, 0.05) is 21.5 Å².